The predicted molar refractivity (Wildman–Crippen MR) is 75.0 cm³/mol. The molecular formula is C13H21N3O5. The van der Waals surface area contributed by atoms with E-state index in [1.54, 1.807) is 0 Å². The van der Waals surface area contributed by atoms with Crippen molar-refractivity contribution in [2.24, 2.45) is 0 Å². The van der Waals surface area contributed by atoms with Crippen molar-refractivity contribution >= 4 is 23.7 Å². The Morgan fingerprint density at radius 2 is 1.33 bits per heavy atom. The molecule has 0 heterocycles. The molecule has 0 aromatic rings. The molecule has 3 N–H and O–H groups in total. The molecule has 21 heavy (non-hydrogen) atoms. The minimum Gasteiger partial charge on any atom is -0.467 e. The van der Waals surface area contributed by atoms with Crippen LogP contribution in [0.5, 0.6) is 0 Å². The van der Waals surface area contributed by atoms with Crippen molar-refractivity contribution in [3.05, 3.63) is 12.7 Å². The molecule has 0 aliphatic rings. The molecule has 0 bridgehead atoms. The lowest BCUT2D eigenvalue weighted by molar-refractivity contribution is -0.144. The van der Waals surface area contributed by atoms with Crippen molar-refractivity contribution in [2.45, 2.75) is 38.9 Å². The third-order valence-electron chi connectivity index (χ3n) is 2.60. The van der Waals surface area contributed by atoms with Crippen molar-refractivity contribution in [3.8, 4) is 0 Å². The Kier molecular flexibility index (Phi) is 7.74. The summed E-state index contributed by atoms with van der Waals surface area (Å²) in [6.07, 6.45) is 1.04. The third-order valence-corrected chi connectivity index (χ3v) is 2.60. The van der Waals surface area contributed by atoms with Crippen LogP contribution in [0.25, 0.3) is 0 Å². The highest BCUT2D eigenvalue weighted by atomic mass is 16.5. The largest absolute Gasteiger partial charge is 0.467 e. The Bertz CT molecular complexity index is 436. The summed E-state index contributed by atoms with van der Waals surface area (Å²) in [7, 11) is 1.21. The van der Waals surface area contributed by atoms with E-state index in [1.165, 1.54) is 27.9 Å². The van der Waals surface area contributed by atoms with Gasteiger partial charge in [0, 0.05) is 0 Å². The first kappa shape index (κ1) is 18.6. The van der Waals surface area contributed by atoms with Gasteiger partial charge in [-0.3, -0.25) is 14.4 Å². The van der Waals surface area contributed by atoms with Gasteiger partial charge in [0.1, 0.15) is 18.1 Å². The van der Waals surface area contributed by atoms with E-state index in [0.29, 0.717) is 0 Å². The lowest BCUT2D eigenvalue weighted by atomic mass is 10.2. The molecule has 0 spiro atoms. The number of amides is 3. The van der Waals surface area contributed by atoms with Gasteiger partial charge in [-0.1, -0.05) is 6.58 Å². The Morgan fingerprint density at radius 3 is 1.76 bits per heavy atom. The first-order valence-corrected chi connectivity index (χ1v) is 6.34. The Balaban J connectivity index is 4.40. The summed E-state index contributed by atoms with van der Waals surface area (Å²) in [6, 6.07) is -2.50. The molecular weight excluding hydrogens is 278 g/mol. The van der Waals surface area contributed by atoms with Gasteiger partial charge >= 0.3 is 5.97 Å². The highest BCUT2D eigenvalue weighted by Gasteiger charge is 2.23. The van der Waals surface area contributed by atoms with Crippen LogP contribution in [0.1, 0.15) is 20.8 Å². The Labute approximate surface area is 123 Å². The van der Waals surface area contributed by atoms with Crippen molar-refractivity contribution < 1.29 is 23.9 Å². The predicted octanol–water partition coefficient (Wildman–Crippen LogP) is -1.14. The van der Waals surface area contributed by atoms with E-state index in [-0.39, 0.29) is 0 Å². The fourth-order valence-corrected chi connectivity index (χ4v) is 1.32. The summed E-state index contributed by atoms with van der Waals surface area (Å²) < 4.78 is 4.47. The normalized spacial score (nSPS) is 14.1. The Hall–Kier alpha value is -2.38. The molecule has 0 saturated heterocycles. The van der Waals surface area contributed by atoms with Gasteiger partial charge in [0.2, 0.25) is 17.7 Å². The Morgan fingerprint density at radius 1 is 0.905 bits per heavy atom. The van der Waals surface area contributed by atoms with Gasteiger partial charge in [0.05, 0.1) is 7.11 Å². The van der Waals surface area contributed by atoms with E-state index >= 15 is 0 Å². The van der Waals surface area contributed by atoms with Crippen LogP contribution >= 0.6 is 0 Å². The maximum atomic E-state index is 11.8. The van der Waals surface area contributed by atoms with E-state index in [4.69, 9.17) is 0 Å². The molecule has 0 fully saturated rings. The van der Waals surface area contributed by atoms with Crippen LogP contribution in [0, 0.1) is 0 Å². The topological polar surface area (TPSA) is 114 Å². The van der Waals surface area contributed by atoms with Gasteiger partial charge in [-0.15, -0.1) is 0 Å². The summed E-state index contributed by atoms with van der Waals surface area (Å²) in [4.78, 5) is 45.8. The van der Waals surface area contributed by atoms with Crippen LogP contribution in [0.4, 0.5) is 0 Å². The van der Waals surface area contributed by atoms with E-state index < -0.39 is 41.8 Å². The van der Waals surface area contributed by atoms with Gasteiger partial charge in [0.25, 0.3) is 0 Å². The molecule has 0 aromatic carbocycles. The lowest BCUT2D eigenvalue weighted by Crippen LogP contribution is -2.53. The average molecular weight is 299 g/mol. The zero-order valence-electron chi connectivity index (χ0n) is 12.6. The fourth-order valence-electron chi connectivity index (χ4n) is 1.32. The zero-order chi connectivity index (χ0) is 16.6. The number of nitrogens with one attached hydrogen (secondary N) is 3. The smallest absolute Gasteiger partial charge is 0.328 e. The molecule has 0 unspecified atom stereocenters. The van der Waals surface area contributed by atoms with Crippen LogP contribution in [0.3, 0.4) is 0 Å². The van der Waals surface area contributed by atoms with Crippen LogP contribution in [-0.4, -0.2) is 48.9 Å². The SMILES string of the molecule is C=CC(=O)N[C@@H](C)C(=O)N[C@@H](C)C(=O)N[C@@H](C)C(=O)OC. The second-order valence-electron chi connectivity index (χ2n) is 4.42. The van der Waals surface area contributed by atoms with Crippen LogP contribution < -0.4 is 16.0 Å². The number of ether oxygens (including phenoxy) is 1. The quantitative estimate of drug-likeness (QED) is 0.406. The number of rotatable bonds is 7. The minimum absolute atomic E-state index is 0.492. The van der Waals surface area contributed by atoms with Crippen molar-refractivity contribution in [1.82, 2.24) is 16.0 Å². The van der Waals surface area contributed by atoms with E-state index in [0.717, 1.165) is 6.08 Å². The molecule has 3 atom stereocenters. The minimum atomic E-state index is -0.868. The van der Waals surface area contributed by atoms with Gasteiger partial charge < -0.3 is 20.7 Å². The van der Waals surface area contributed by atoms with E-state index in [2.05, 4.69) is 27.3 Å². The summed E-state index contributed by atoms with van der Waals surface area (Å²) >= 11 is 0. The van der Waals surface area contributed by atoms with Gasteiger partial charge in [0.15, 0.2) is 0 Å². The first-order chi connectivity index (χ1) is 9.72. The molecule has 0 aromatic heterocycles. The van der Waals surface area contributed by atoms with Crippen molar-refractivity contribution in [2.75, 3.05) is 7.11 Å². The molecule has 8 nitrogen and oxygen atoms in total. The molecule has 0 aliphatic carbocycles. The van der Waals surface area contributed by atoms with Crippen LogP contribution in [-0.2, 0) is 23.9 Å². The summed E-state index contributed by atoms with van der Waals surface area (Å²) in [5.74, 6) is -2.15. The highest BCUT2D eigenvalue weighted by molar-refractivity contribution is 5.94. The number of carbonyl (C=O) groups excluding carboxylic acids is 4. The number of hydrogen-bond acceptors (Lipinski definition) is 5. The monoisotopic (exact) mass is 299 g/mol. The summed E-state index contributed by atoms with van der Waals surface area (Å²) in [6.45, 7) is 7.66. The summed E-state index contributed by atoms with van der Waals surface area (Å²) in [5.41, 5.74) is 0. The fraction of sp³-hybridized carbons (Fsp3) is 0.538. The second-order valence-corrected chi connectivity index (χ2v) is 4.42. The van der Waals surface area contributed by atoms with Crippen LogP contribution in [0.15, 0.2) is 12.7 Å². The highest BCUT2D eigenvalue weighted by Crippen LogP contribution is 1.91. The van der Waals surface area contributed by atoms with Gasteiger partial charge in [-0.2, -0.15) is 0 Å². The molecule has 0 aliphatic heterocycles. The molecule has 0 rings (SSSR count). The van der Waals surface area contributed by atoms with Crippen molar-refractivity contribution in [3.63, 3.8) is 0 Å². The summed E-state index contributed by atoms with van der Waals surface area (Å²) in [5, 5.41) is 7.18. The number of hydrogen-bond donors (Lipinski definition) is 3. The molecule has 8 heteroatoms. The average Bonchev–Trinajstić information content (AvgIpc) is 2.45. The van der Waals surface area contributed by atoms with E-state index in [1.807, 2.05) is 0 Å². The standard InChI is InChI=1S/C13H21N3O5/c1-6-10(17)14-7(2)11(18)15-8(3)12(19)16-9(4)13(20)21-5/h6-9H,1H2,2-5H3,(H,14,17)(H,15,18)(H,16,19)/t7-,8-,9-/m0/s1. The number of methoxy groups -OCH3 is 1. The molecule has 0 saturated carbocycles. The maximum Gasteiger partial charge on any atom is 0.328 e. The van der Waals surface area contributed by atoms with Crippen molar-refractivity contribution in [1.29, 1.82) is 0 Å². The zero-order valence-corrected chi connectivity index (χ0v) is 12.6. The third kappa shape index (κ3) is 6.55. The van der Waals surface area contributed by atoms with Gasteiger partial charge in [-0.25, -0.2) is 4.79 Å². The second kappa shape index (κ2) is 8.72. The number of esters is 1. The van der Waals surface area contributed by atoms with E-state index in [9.17, 15) is 19.2 Å². The molecule has 0 radical (unpaired) electrons. The molecule has 3 amide bonds. The number of carbonyl (C=O) groups is 4. The van der Waals surface area contributed by atoms with Crippen LogP contribution in [0.2, 0.25) is 0 Å². The lowest BCUT2D eigenvalue weighted by Gasteiger charge is -2.19. The maximum absolute atomic E-state index is 11.8. The first-order valence-electron chi connectivity index (χ1n) is 6.34. The van der Waals surface area contributed by atoms with Gasteiger partial charge in [-0.05, 0) is 26.8 Å². The molecule has 118 valence electrons.